The Morgan fingerprint density at radius 2 is 1.72 bits per heavy atom. The molecule has 168 valence electrons. The normalized spacial score (nSPS) is 18.4. The predicted octanol–water partition coefficient (Wildman–Crippen LogP) is 2.84. The Hall–Kier alpha value is -3.39. The average molecular weight is 437 g/mol. The van der Waals surface area contributed by atoms with Crippen molar-refractivity contribution < 1.29 is 24.2 Å². The summed E-state index contributed by atoms with van der Waals surface area (Å²) >= 11 is 0. The van der Waals surface area contributed by atoms with Crippen molar-refractivity contribution in [1.29, 1.82) is 0 Å². The van der Waals surface area contributed by atoms with E-state index in [4.69, 9.17) is 4.74 Å². The molecule has 1 fully saturated rings. The molecule has 32 heavy (non-hydrogen) atoms. The van der Waals surface area contributed by atoms with Gasteiger partial charge >= 0.3 is 12.1 Å². The minimum absolute atomic E-state index is 0.0779. The molecule has 2 atom stereocenters. The number of nitrogens with one attached hydrogen (secondary N) is 1. The third-order valence-electron chi connectivity index (χ3n) is 6.33. The van der Waals surface area contributed by atoms with Gasteiger partial charge in [0.1, 0.15) is 18.7 Å². The summed E-state index contributed by atoms with van der Waals surface area (Å²) < 4.78 is 5.61. The summed E-state index contributed by atoms with van der Waals surface area (Å²) in [5.74, 6) is -1.62. The van der Waals surface area contributed by atoms with E-state index in [1.54, 1.807) is 6.92 Å². The van der Waals surface area contributed by atoms with Crippen LogP contribution in [0.5, 0.6) is 0 Å². The number of aliphatic carboxylic acids is 1. The van der Waals surface area contributed by atoms with Gasteiger partial charge < -0.3 is 9.84 Å². The second-order valence-electron chi connectivity index (χ2n) is 8.20. The minimum Gasteiger partial charge on any atom is -0.480 e. The molecule has 1 aliphatic heterocycles. The molecule has 2 aromatic carbocycles. The van der Waals surface area contributed by atoms with Crippen molar-refractivity contribution >= 4 is 18.0 Å². The summed E-state index contributed by atoms with van der Waals surface area (Å²) in [5, 5.41) is 10.5. The maximum atomic E-state index is 12.9. The molecule has 0 saturated carbocycles. The Morgan fingerprint density at radius 3 is 2.31 bits per heavy atom. The number of hydrogen-bond donors (Lipinski definition) is 2. The van der Waals surface area contributed by atoms with Gasteiger partial charge in [-0.2, -0.15) is 0 Å². The number of hydrogen-bond acceptors (Lipinski definition) is 5. The molecule has 1 heterocycles. The number of hydrazine groups is 1. The van der Waals surface area contributed by atoms with Gasteiger partial charge in [0, 0.05) is 19.5 Å². The van der Waals surface area contributed by atoms with Crippen LogP contribution < -0.4 is 5.43 Å². The highest BCUT2D eigenvalue weighted by atomic mass is 16.6. The van der Waals surface area contributed by atoms with Crippen molar-refractivity contribution in [3.63, 3.8) is 0 Å². The van der Waals surface area contributed by atoms with E-state index in [0.29, 0.717) is 19.4 Å². The summed E-state index contributed by atoms with van der Waals surface area (Å²) in [6.07, 6.45) is 0.406. The van der Waals surface area contributed by atoms with Gasteiger partial charge in [0.25, 0.3) is 5.91 Å². The Labute approximate surface area is 186 Å². The molecule has 0 bridgehead atoms. The van der Waals surface area contributed by atoms with Gasteiger partial charge in [-0.15, -0.1) is 0 Å². The smallest absolute Gasteiger partial charge is 0.410 e. The lowest BCUT2D eigenvalue weighted by Crippen LogP contribution is -2.60. The maximum Gasteiger partial charge on any atom is 0.410 e. The first kappa shape index (κ1) is 21.8. The predicted molar refractivity (Wildman–Crippen MR) is 118 cm³/mol. The van der Waals surface area contributed by atoms with Crippen LogP contribution in [-0.4, -0.2) is 65.3 Å². The van der Waals surface area contributed by atoms with Crippen molar-refractivity contribution in [3.8, 4) is 11.1 Å². The van der Waals surface area contributed by atoms with E-state index in [1.807, 2.05) is 36.4 Å². The van der Waals surface area contributed by atoms with Crippen LogP contribution in [0.3, 0.4) is 0 Å². The van der Waals surface area contributed by atoms with Crippen LogP contribution in [0.25, 0.3) is 11.1 Å². The number of carboxylic acid groups (broad SMARTS) is 1. The van der Waals surface area contributed by atoms with E-state index >= 15 is 0 Å². The number of carbonyl (C=O) groups excluding carboxylic acids is 2. The Balaban J connectivity index is 1.43. The van der Waals surface area contributed by atoms with Crippen molar-refractivity contribution in [2.75, 3.05) is 20.2 Å². The number of ether oxygens (including phenoxy) is 1. The van der Waals surface area contributed by atoms with E-state index in [-0.39, 0.29) is 12.5 Å². The Kier molecular flexibility index (Phi) is 6.14. The van der Waals surface area contributed by atoms with Gasteiger partial charge in [-0.1, -0.05) is 48.5 Å². The van der Waals surface area contributed by atoms with Crippen molar-refractivity contribution in [2.24, 2.45) is 0 Å². The maximum absolute atomic E-state index is 12.9. The molecular weight excluding hydrogens is 410 g/mol. The van der Waals surface area contributed by atoms with Gasteiger partial charge in [-0.3, -0.25) is 14.7 Å². The quantitative estimate of drug-likeness (QED) is 0.746. The summed E-state index contributed by atoms with van der Waals surface area (Å²) in [5.41, 5.74) is 7.33. The van der Waals surface area contributed by atoms with Crippen LogP contribution in [0, 0.1) is 0 Å². The molecule has 4 rings (SSSR count). The number of likely N-dealkylation sites (N-methyl/N-ethyl adjacent to an activating group) is 1. The fraction of sp³-hybridized carbons (Fsp3) is 0.375. The van der Waals surface area contributed by atoms with E-state index in [2.05, 4.69) is 17.6 Å². The van der Waals surface area contributed by atoms with Gasteiger partial charge in [0.2, 0.25) is 0 Å². The Bertz CT molecular complexity index is 994. The van der Waals surface area contributed by atoms with E-state index in [0.717, 1.165) is 27.3 Å². The average Bonchev–Trinajstić information content (AvgIpc) is 3.14. The van der Waals surface area contributed by atoms with Crippen LogP contribution in [0.1, 0.15) is 36.8 Å². The first-order chi connectivity index (χ1) is 15.4. The van der Waals surface area contributed by atoms with Crippen LogP contribution >= 0.6 is 0 Å². The zero-order valence-corrected chi connectivity index (χ0v) is 18.2. The fourth-order valence-corrected chi connectivity index (χ4v) is 4.42. The molecule has 1 saturated heterocycles. The zero-order valence-electron chi connectivity index (χ0n) is 18.2. The van der Waals surface area contributed by atoms with E-state index in [1.165, 1.54) is 11.9 Å². The molecule has 0 unspecified atom stereocenters. The highest BCUT2D eigenvalue weighted by Crippen LogP contribution is 2.44. The number of carbonyl (C=O) groups is 3. The van der Waals surface area contributed by atoms with E-state index in [9.17, 15) is 19.5 Å². The van der Waals surface area contributed by atoms with Crippen LogP contribution in [0.4, 0.5) is 4.79 Å². The standard InChI is InChI=1S/C24H27N3O5/c1-15(22(28)27-21(23(29)30)12-7-13-25-27)26(2)24(31)32-14-20-18-10-5-3-8-16(18)17-9-4-6-11-19(17)20/h3-6,8-11,15,20-21,25H,7,12-14H2,1-2H3,(H,29,30)/t15-,21-/m0/s1. The third kappa shape index (κ3) is 3.93. The number of benzene rings is 2. The zero-order chi connectivity index (χ0) is 22.8. The number of amides is 2. The highest BCUT2D eigenvalue weighted by molar-refractivity contribution is 5.89. The van der Waals surface area contributed by atoms with Crippen molar-refractivity contribution in [2.45, 2.75) is 37.8 Å². The lowest BCUT2D eigenvalue weighted by Gasteiger charge is -2.36. The van der Waals surface area contributed by atoms with Crippen LogP contribution in [-0.2, 0) is 14.3 Å². The van der Waals surface area contributed by atoms with Crippen LogP contribution in [0.2, 0.25) is 0 Å². The molecule has 0 radical (unpaired) electrons. The molecule has 2 amide bonds. The lowest BCUT2D eigenvalue weighted by molar-refractivity contribution is -0.157. The van der Waals surface area contributed by atoms with Gasteiger partial charge in [0.05, 0.1) is 0 Å². The molecule has 1 aliphatic carbocycles. The van der Waals surface area contributed by atoms with Crippen LogP contribution in [0.15, 0.2) is 48.5 Å². The molecule has 2 N–H and O–H groups in total. The van der Waals surface area contributed by atoms with Gasteiger partial charge in [0.15, 0.2) is 0 Å². The van der Waals surface area contributed by atoms with Crippen molar-refractivity contribution in [1.82, 2.24) is 15.3 Å². The number of rotatable bonds is 5. The third-order valence-corrected chi connectivity index (χ3v) is 6.33. The number of fused-ring (bicyclic) bond motifs is 3. The summed E-state index contributed by atoms with van der Waals surface area (Å²) in [6.45, 7) is 2.23. The first-order valence-corrected chi connectivity index (χ1v) is 10.8. The molecule has 2 aliphatic rings. The molecule has 2 aromatic rings. The Morgan fingerprint density at radius 1 is 1.12 bits per heavy atom. The highest BCUT2D eigenvalue weighted by Gasteiger charge is 2.37. The molecule has 8 heteroatoms. The minimum atomic E-state index is -1.07. The molecule has 8 nitrogen and oxygen atoms in total. The summed E-state index contributed by atoms with van der Waals surface area (Å²) in [6, 6.07) is 14.3. The van der Waals surface area contributed by atoms with Crippen molar-refractivity contribution in [3.05, 3.63) is 59.7 Å². The second kappa shape index (κ2) is 9.00. The largest absolute Gasteiger partial charge is 0.480 e. The van der Waals surface area contributed by atoms with Gasteiger partial charge in [-0.05, 0) is 42.0 Å². The topological polar surface area (TPSA) is 99.2 Å². The summed E-state index contributed by atoms with van der Waals surface area (Å²) in [7, 11) is 1.49. The molecule has 0 aromatic heterocycles. The first-order valence-electron chi connectivity index (χ1n) is 10.8. The number of carboxylic acids is 1. The summed E-state index contributed by atoms with van der Waals surface area (Å²) in [4.78, 5) is 38.4. The number of nitrogens with zero attached hydrogens (tertiary/aromatic N) is 2. The monoisotopic (exact) mass is 437 g/mol. The fourth-order valence-electron chi connectivity index (χ4n) is 4.42. The van der Waals surface area contributed by atoms with Gasteiger partial charge in [-0.25, -0.2) is 15.0 Å². The SMILES string of the molecule is C[C@@H](C(=O)N1NCCC[C@H]1C(=O)O)N(C)C(=O)OCC1c2ccccc2-c2ccccc21. The second-order valence-corrected chi connectivity index (χ2v) is 8.20. The molecule has 0 spiro atoms. The molecular formula is C24H27N3O5. The lowest BCUT2D eigenvalue weighted by atomic mass is 9.98. The van der Waals surface area contributed by atoms with E-state index < -0.39 is 30.1 Å².